The van der Waals surface area contributed by atoms with Gasteiger partial charge in [0.05, 0.1) is 18.3 Å². The molecule has 0 saturated carbocycles. The summed E-state index contributed by atoms with van der Waals surface area (Å²) in [6.07, 6.45) is 4.94. The first-order valence-corrected chi connectivity index (χ1v) is 11.1. The molecule has 1 atom stereocenters. The van der Waals surface area contributed by atoms with Crippen LogP contribution in [0.15, 0.2) is 41.1 Å². The lowest BCUT2D eigenvalue weighted by atomic mass is 10.1. The maximum Gasteiger partial charge on any atom is 0.294 e. The molecule has 4 aromatic heterocycles. The van der Waals surface area contributed by atoms with Crippen molar-refractivity contribution in [3.63, 3.8) is 0 Å². The molecule has 0 fully saturated rings. The van der Waals surface area contributed by atoms with Gasteiger partial charge in [-0.1, -0.05) is 6.92 Å². The number of nitrogens with zero attached hydrogens (tertiary/aromatic N) is 6. The first kappa shape index (κ1) is 20.2. The van der Waals surface area contributed by atoms with E-state index in [0.29, 0.717) is 30.0 Å². The van der Waals surface area contributed by atoms with Crippen LogP contribution in [0.2, 0.25) is 0 Å². The quantitative estimate of drug-likeness (QED) is 0.408. The Morgan fingerprint density at radius 3 is 2.91 bits per heavy atom. The number of anilines is 1. The van der Waals surface area contributed by atoms with Crippen molar-refractivity contribution in [3.05, 3.63) is 36.7 Å². The van der Waals surface area contributed by atoms with Gasteiger partial charge in [0.1, 0.15) is 23.0 Å². The molecule has 6 rings (SSSR count). The Bertz CT molecular complexity index is 1560. The third-order valence-electron chi connectivity index (χ3n) is 6.06. The summed E-state index contributed by atoms with van der Waals surface area (Å²) < 4.78 is 15.2. The molecule has 11 nitrogen and oxygen atoms in total. The molecule has 11 heteroatoms. The van der Waals surface area contributed by atoms with E-state index < -0.39 is 11.9 Å². The lowest BCUT2D eigenvalue weighted by Crippen LogP contribution is -2.26. The Labute approximate surface area is 193 Å². The van der Waals surface area contributed by atoms with Crippen molar-refractivity contribution in [1.82, 2.24) is 29.3 Å². The standard InChI is InChI=1S/C23H22N8O3/c1-2-16(20(24)32)31-11-13(10-26-31)12-8-15-19-18(9-12)33-7-3-6-30(19)22(28-15)14-4-5-17-21(27-14)29-23(25)34-17/h4-5,8-11,16H,2-3,6-7H2,1H3,(H2,24,32)(H2,25,27,29)/t16-/m0/s1. The Balaban J connectivity index is 1.49. The van der Waals surface area contributed by atoms with Crippen molar-refractivity contribution in [2.75, 3.05) is 12.3 Å². The first-order chi connectivity index (χ1) is 16.5. The van der Waals surface area contributed by atoms with Crippen LogP contribution in [-0.2, 0) is 11.3 Å². The number of primary amides is 1. The lowest BCUT2D eigenvalue weighted by molar-refractivity contribution is -0.121. The number of nitrogens with two attached hydrogens (primary N) is 2. The van der Waals surface area contributed by atoms with Crippen LogP contribution in [0, 0.1) is 0 Å². The van der Waals surface area contributed by atoms with E-state index in [9.17, 15) is 4.79 Å². The van der Waals surface area contributed by atoms with Gasteiger partial charge >= 0.3 is 0 Å². The van der Waals surface area contributed by atoms with Crippen LogP contribution in [-0.4, -0.2) is 41.8 Å². The van der Waals surface area contributed by atoms with Crippen LogP contribution < -0.4 is 16.2 Å². The van der Waals surface area contributed by atoms with Crippen LogP contribution in [0.1, 0.15) is 25.8 Å². The van der Waals surface area contributed by atoms with Crippen LogP contribution in [0.4, 0.5) is 6.01 Å². The average Bonchev–Trinajstić information content (AvgIpc) is 3.48. The molecular weight excluding hydrogens is 436 g/mol. The number of amides is 1. The number of nitrogen functional groups attached to an aromatic ring is 1. The molecule has 1 aromatic carbocycles. The van der Waals surface area contributed by atoms with E-state index in [2.05, 4.69) is 19.6 Å². The number of imidazole rings is 1. The van der Waals surface area contributed by atoms with Crippen LogP contribution >= 0.6 is 0 Å². The maximum absolute atomic E-state index is 11.8. The topological polar surface area (TPSA) is 153 Å². The number of hydrogen-bond donors (Lipinski definition) is 2. The van der Waals surface area contributed by atoms with Crippen molar-refractivity contribution in [3.8, 4) is 28.4 Å². The monoisotopic (exact) mass is 458 g/mol. The first-order valence-electron chi connectivity index (χ1n) is 11.1. The van der Waals surface area contributed by atoms with Crippen LogP contribution in [0.25, 0.3) is 44.9 Å². The molecule has 0 radical (unpaired) electrons. The van der Waals surface area contributed by atoms with Gasteiger partial charge in [-0.25, -0.2) is 9.97 Å². The summed E-state index contributed by atoms with van der Waals surface area (Å²) in [6, 6.07) is 7.21. The predicted octanol–water partition coefficient (Wildman–Crippen LogP) is 2.90. The zero-order valence-corrected chi connectivity index (χ0v) is 18.4. The molecule has 0 spiro atoms. The summed E-state index contributed by atoms with van der Waals surface area (Å²) >= 11 is 0. The Kier molecular flexibility index (Phi) is 4.51. The molecule has 0 aliphatic carbocycles. The highest BCUT2D eigenvalue weighted by Gasteiger charge is 2.23. The van der Waals surface area contributed by atoms with Crippen LogP contribution in [0.3, 0.4) is 0 Å². The van der Waals surface area contributed by atoms with Crippen LogP contribution in [0.5, 0.6) is 5.75 Å². The highest BCUT2D eigenvalue weighted by atomic mass is 16.5. The zero-order valence-electron chi connectivity index (χ0n) is 18.4. The van der Waals surface area contributed by atoms with E-state index in [1.807, 2.05) is 31.3 Å². The van der Waals surface area contributed by atoms with E-state index in [0.717, 1.165) is 46.7 Å². The molecular formula is C23H22N8O3. The molecule has 5 aromatic rings. The van der Waals surface area contributed by atoms with Gasteiger partial charge in [0.25, 0.3) is 6.01 Å². The molecule has 5 heterocycles. The molecule has 0 bridgehead atoms. The minimum atomic E-state index is -0.493. The van der Waals surface area contributed by atoms with E-state index >= 15 is 0 Å². The summed E-state index contributed by atoms with van der Waals surface area (Å²) in [7, 11) is 0. The van der Waals surface area contributed by atoms with E-state index in [1.165, 1.54) is 0 Å². The van der Waals surface area contributed by atoms with E-state index in [1.54, 1.807) is 16.9 Å². The third kappa shape index (κ3) is 3.16. The summed E-state index contributed by atoms with van der Waals surface area (Å²) in [5.41, 5.74) is 16.3. The number of benzene rings is 1. The molecule has 1 aliphatic rings. The summed E-state index contributed by atoms with van der Waals surface area (Å²) in [5, 5.41) is 4.37. The zero-order chi connectivity index (χ0) is 23.4. The number of carbonyl (C=O) groups is 1. The smallest absolute Gasteiger partial charge is 0.294 e. The molecule has 4 N–H and O–H groups in total. The third-order valence-corrected chi connectivity index (χ3v) is 6.06. The summed E-state index contributed by atoms with van der Waals surface area (Å²) in [5.74, 6) is 1.05. The highest BCUT2D eigenvalue weighted by Crippen LogP contribution is 2.37. The average molecular weight is 458 g/mol. The fourth-order valence-corrected chi connectivity index (χ4v) is 4.46. The maximum atomic E-state index is 11.8. The fraction of sp³-hybridized carbons (Fsp3) is 0.261. The SMILES string of the molecule is CC[C@@H](C(N)=O)n1cc(-c2cc3c4c(c2)nc(-c2ccc5oc(N)nc5n2)n4CCCO3)cn1. The second-order valence-corrected chi connectivity index (χ2v) is 8.24. The van der Waals surface area contributed by atoms with Gasteiger partial charge in [-0.3, -0.25) is 9.48 Å². The predicted molar refractivity (Wildman–Crippen MR) is 125 cm³/mol. The number of carbonyl (C=O) groups excluding carboxylic acids is 1. The minimum absolute atomic E-state index is 0.0774. The highest BCUT2D eigenvalue weighted by molar-refractivity contribution is 5.91. The fourth-order valence-electron chi connectivity index (χ4n) is 4.46. The van der Waals surface area contributed by atoms with Gasteiger partial charge in [-0.05, 0) is 42.7 Å². The Morgan fingerprint density at radius 1 is 1.21 bits per heavy atom. The van der Waals surface area contributed by atoms with Gasteiger partial charge < -0.3 is 25.2 Å². The lowest BCUT2D eigenvalue weighted by Gasteiger charge is -2.10. The van der Waals surface area contributed by atoms with Gasteiger partial charge in [-0.15, -0.1) is 0 Å². The van der Waals surface area contributed by atoms with Crippen molar-refractivity contribution in [1.29, 1.82) is 0 Å². The van der Waals surface area contributed by atoms with Crippen molar-refractivity contribution in [2.24, 2.45) is 5.73 Å². The molecule has 1 aliphatic heterocycles. The Hall–Kier alpha value is -4.41. The van der Waals surface area contributed by atoms with Gasteiger partial charge in [0.15, 0.2) is 11.4 Å². The molecule has 0 saturated heterocycles. The van der Waals surface area contributed by atoms with E-state index in [4.69, 9.17) is 25.6 Å². The molecule has 34 heavy (non-hydrogen) atoms. The Morgan fingerprint density at radius 2 is 2.09 bits per heavy atom. The van der Waals surface area contributed by atoms with Gasteiger partial charge in [0, 0.05) is 18.3 Å². The number of rotatable bonds is 5. The summed E-state index contributed by atoms with van der Waals surface area (Å²) in [4.78, 5) is 25.4. The second-order valence-electron chi connectivity index (χ2n) is 8.24. The molecule has 0 unspecified atom stereocenters. The largest absolute Gasteiger partial charge is 0.491 e. The number of pyridine rings is 1. The normalized spacial score (nSPS) is 14.3. The second kappa shape index (κ2) is 7.58. The van der Waals surface area contributed by atoms with Crippen molar-refractivity contribution < 1.29 is 13.9 Å². The minimum Gasteiger partial charge on any atom is -0.491 e. The number of aryl methyl sites for hydroxylation is 1. The van der Waals surface area contributed by atoms with Crippen molar-refractivity contribution in [2.45, 2.75) is 32.4 Å². The number of aromatic nitrogens is 6. The summed E-state index contributed by atoms with van der Waals surface area (Å²) in [6.45, 7) is 3.23. The van der Waals surface area contributed by atoms with E-state index in [-0.39, 0.29) is 6.01 Å². The molecule has 172 valence electrons. The van der Waals surface area contributed by atoms with Gasteiger partial charge in [0.2, 0.25) is 11.6 Å². The molecule has 1 amide bonds. The number of hydrogen-bond acceptors (Lipinski definition) is 8. The number of oxazole rings is 1. The van der Waals surface area contributed by atoms with Gasteiger partial charge in [-0.2, -0.15) is 10.1 Å². The van der Waals surface area contributed by atoms with Crippen molar-refractivity contribution >= 4 is 34.2 Å². The number of fused-ring (bicyclic) bond motifs is 1. The number of ether oxygens (including phenoxy) is 1.